The van der Waals surface area contributed by atoms with Crippen molar-refractivity contribution in [3.05, 3.63) is 0 Å². The number of carbonyl (C=O) groups excluding carboxylic acids is 1. The lowest BCUT2D eigenvalue weighted by molar-refractivity contribution is -0.145. The van der Waals surface area contributed by atoms with Crippen molar-refractivity contribution in [1.29, 1.82) is 0 Å². The molecule has 0 bridgehead atoms. The van der Waals surface area contributed by atoms with Gasteiger partial charge in [0, 0.05) is 12.5 Å². The van der Waals surface area contributed by atoms with Crippen LogP contribution in [0.4, 0.5) is 0 Å². The van der Waals surface area contributed by atoms with E-state index in [1.165, 1.54) is 38.5 Å². The second kappa shape index (κ2) is 10.2. The molecule has 0 spiro atoms. The number of esters is 1. The summed E-state index contributed by atoms with van der Waals surface area (Å²) in [6.45, 7) is 6.11. The third-order valence-corrected chi connectivity index (χ3v) is 4.13. The highest BCUT2D eigenvalue weighted by atomic mass is 16.5. The van der Waals surface area contributed by atoms with E-state index < -0.39 is 0 Å². The summed E-state index contributed by atoms with van der Waals surface area (Å²) in [5.74, 6) is 0.541. The van der Waals surface area contributed by atoms with E-state index in [2.05, 4.69) is 19.2 Å². The van der Waals surface area contributed by atoms with Crippen LogP contribution < -0.4 is 5.32 Å². The van der Waals surface area contributed by atoms with Gasteiger partial charge in [-0.3, -0.25) is 4.79 Å². The second-order valence-corrected chi connectivity index (χ2v) is 5.79. The quantitative estimate of drug-likeness (QED) is 0.649. The lowest BCUT2D eigenvalue weighted by atomic mass is 10.00. The van der Waals surface area contributed by atoms with Crippen LogP contribution in [0, 0.1) is 5.92 Å². The molecule has 0 saturated carbocycles. The van der Waals surface area contributed by atoms with Gasteiger partial charge in [0.1, 0.15) is 0 Å². The van der Waals surface area contributed by atoms with Gasteiger partial charge in [-0.05, 0) is 38.1 Å². The highest BCUT2D eigenvalue weighted by Gasteiger charge is 2.15. The maximum atomic E-state index is 11.7. The summed E-state index contributed by atoms with van der Waals surface area (Å²) in [4.78, 5) is 11.7. The maximum Gasteiger partial charge on any atom is 0.305 e. The first kappa shape index (κ1) is 16.5. The van der Waals surface area contributed by atoms with E-state index in [0.717, 1.165) is 19.4 Å². The number of carbonyl (C=O) groups is 1. The van der Waals surface area contributed by atoms with Crippen molar-refractivity contribution >= 4 is 5.97 Å². The lowest BCUT2D eigenvalue weighted by Gasteiger charge is -2.23. The summed E-state index contributed by atoms with van der Waals surface area (Å²) in [7, 11) is 0. The predicted molar refractivity (Wildman–Crippen MR) is 79.1 cm³/mol. The van der Waals surface area contributed by atoms with E-state index in [1.807, 2.05) is 0 Å². The van der Waals surface area contributed by atoms with Gasteiger partial charge in [0.2, 0.25) is 0 Å². The minimum Gasteiger partial charge on any atom is -0.465 e. The van der Waals surface area contributed by atoms with Crippen molar-refractivity contribution in [2.24, 2.45) is 5.92 Å². The molecule has 0 aromatic heterocycles. The SMILES string of the molecule is CCCCC(CC)COC(=O)CCC1CCCCN1. The molecule has 0 aromatic rings. The largest absolute Gasteiger partial charge is 0.465 e. The monoisotopic (exact) mass is 269 g/mol. The van der Waals surface area contributed by atoms with E-state index >= 15 is 0 Å². The molecule has 1 rings (SSSR count). The van der Waals surface area contributed by atoms with E-state index in [1.54, 1.807) is 0 Å². The molecule has 0 radical (unpaired) electrons. The molecule has 1 fully saturated rings. The average Bonchev–Trinajstić information content (AvgIpc) is 2.46. The van der Waals surface area contributed by atoms with Crippen LogP contribution in [-0.4, -0.2) is 25.2 Å². The summed E-state index contributed by atoms with van der Waals surface area (Å²) in [5, 5.41) is 3.47. The van der Waals surface area contributed by atoms with Crippen LogP contribution in [0.2, 0.25) is 0 Å². The minimum absolute atomic E-state index is 0.0117. The molecule has 2 unspecified atom stereocenters. The van der Waals surface area contributed by atoms with Gasteiger partial charge in [0.25, 0.3) is 0 Å². The van der Waals surface area contributed by atoms with Crippen molar-refractivity contribution in [2.45, 2.75) is 77.7 Å². The Morgan fingerprint density at radius 3 is 2.84 bits per heavy atom. The third-order valence-electron chi connectivity index (χ3n) is 4.13. The second-order valence-electron chi connectivity index (χ2n) is 5.79. The zero-order chi connectivity index (χ0) is 13.9. The number of nitrogens with one attached hydrogen (secondary N) is 1. The van der Waals surface area contributed by atoms with Crippen molar-refractivity contribution in [2.75, 3.05) is 13.2 Å². The molecule has 3 heteroatoms. The molecule has 1 N–H and O–H groups in total. The first-order valence-corrected chi connectivity index (χ1v) is 8.15. The van der Waals surface area contributed by atoms with Crippen molar-refractivity contribution in [3.63, 3.8) is 0 Å². The number of piperidine rings is 1. The zero-order valence-corrected chi connectivity index (χ0v) is 12.7. The summed E-state index contributed by atoms with van der Waals surface area (Å²) in [6, 6.07) is 0.531. The Morgan fingerprint density at radius 2 is 2.21 bits per heavy atom. The molecule has 1 aliphatic heterocycles. The molecule has 19 heavy (non-hydrogen) atoms. The van der Waals surface area contributed by atoms with E-state index in [4.69, 9.17) is 4.74 Å². The fourth-order valence-corrected chi connectivity index (χ4v) is 2.64. The number of unbranched alkanes of at least 4 members (excludes halogenated alkanes) is 1. The van der Waals surface area contributed by atoms with Crippen LogP contribution in [0.1, 0.15) is 71.6 Å². The molecule has 0 aromatic carbocycles. The summed E-state index contributed by atoms with van der Waals surface area (Å²) in [6.07, 6.45) is 10.0. The maximum absolute atomic E-state index is 11.7. The fraction of sp³-hybridized carbons (Fsp3) is 0.938. The van der Waals surface area contributed by atoms with Gasteiger partial charge < -0.3 is 10.1 Å². The zero-order valence-electron chi connectivity index (χ0n) is 12.7. The normalized spacial score (nSPS) is 21.1. The Morgan fingerprint density at radius 1 is 1.37 bits per heavy atom. The molecule has 112 valence electrons. The first-order valence-electron chi connectivity index (χ1n) is 8.15. The predicted octanol–water partition coefficient (Wildman–Crippen LogP) is 3.67. The van der Waals surface area contributed by atoms with Crippen LogP contribution in [0.25, 0.3) is 0 Å². The number of rotatable bonds is 9. The first-order chi connectivity index (χ1) is 9.26. The molecular weight excluding hydrogens is 238 g/mol. The molecule has 1 heterocycles. The fourth-order valence-electron chi connectivity index (χ4n) is 2.64. The van der Waals surface area contributed by atoms with Gasteiger partial charge in [-0.2, -0.15) is 0 Å². The smallest absolute Gasteiger partial charge is 0.305 e. The average molecular weight is 269 g/mol. The van der Waals surface area contributed by atoms with Gasteiger partial charge >= 0.3 is 5.97 Å². The van der Waals surface area contributed by atoms with E-state index in [0.29, 0.717) is 25.0 Å². The number of ether oxygens (including phenoxy) is 1. The van der Waals surface area contributed by atoms with Gasteiger partial charge in [-0.15, -0.1) is 0 Å². The molecule has 3 nitrogen and oxygen atoms in total. The molecule has 0 amide bonds. The molecule has 1 saturated heterocycles. The molecule has 2 atom stereocenters. The lowest BCUT2D eigenvalue weighted by Crippen LogP contribution is -2.34. The highest BCUT2D eigenvalue weighted by Crippen LogP contribution is 2.15. The van der Waals surface area contributed by atoms with E-state index in [9.17, 15) is 4.79 Å². The standard InChI is InChI=1S/C16H31NO2/c1-3-5-8-14(4-2)13-19-16(18)11-10-15-9-6-7-12-17-15/h14-15,17H,3-13H2,1-2H3. The van der Waals surface area contributed by atoms with Gasteiger partial charge in [-0.1, -0.05) is 39.5 Å². The van der Waals surface area contributed by atoms with Crippen LogP contribution >= 0.6 is 0 Å². The van der Waals surface area contributed by atoms with Crippen molar-refractivity contribution < 1.29 is 9.53 Å². The Hall–Kier alpha value is -0.570. The van der Waals surface area contributed by atoms with Crippen LogP contribution in [-0.2, 0) is 9.53 Å². The topological polar surface area (TPSA) is 38.3 Å². The number of hydrogen-bond donors (Lipinski definition) is 1. The molecule has 1 aliphatic rings. The summed E-state index contributed by atoms with van der Waals surface area (Å²) < 4.78 is 5.42. The van der Waals surface area contributed by atoms with Gasteiger partial charge in [0.15, 0.2) is 0 Å². The minimum atomic E-state index is -0.0117. The van der Waals surface area contributed by atoms with Crippen LogP contribution in [0.15, 0.2) is 0 Å². The summed E-state index contributed by atoms with van der Waals surface area (Å²) >= 11 is 0. The van der Waals surface area contributed by atoms with Gasteiger partial charge in [-0.25, -0.2) is 0 Å². The van der Waals surface area contributed by atoms with E-state index in [-0.39, 0.29) is 5.97 Å². The van der Waals surface area contributed by atoms with Crippen LogP contribution in [0.3, 0.4) is 0 Å². The Bertz CT molecular complexity index is 237. The van der Waals surface area contributed by atoms with Crippen LogP contribution in [0.5, 0.6) is 0 Å². The highest BCUT2D eigenvalue weighted by molar-refractivity contribution is 5.69. The van der Waals surface area contributed by atoms with Crippen molar-refractivity contribution in [3.8, 4) is 0 Å². The Kier molecular flexibility index (Phi) is 8.89. The Labute approximate surface area is 118 Å². The van der Waals surface area contributed by atoms with Gasteiger partial charge in [0.05, 0.1) is 6.61 Å². The Balaban J connectivity index is 2.08. The number of hydrogen-bond acceptors (Lipinski definition) is 3. The molecule has 0 aliphatic carbocycles. The molecular formula is C16H31NO2. The van der Waals surface area contributed by atoms with Crippen molar-refractivity contribution in [1.82, 2.24) is 5.32 Å². The summed E-state index contributed by atoms with van der Waals surface area (Å²) in [5.41, 5.74) is 0. The third kappa shape index (κ3) is 7.56.